The summed E-state index contributed by atoms with van der Waals surface area (Å²) in [5.74, 6) is 0.726. The van der Waals surface area contributed by atoms with Crippen molar-refractivity contribution in [3.63, 3.8) is 0 Å². The molecule has 0 spiro atoms. The van der Waals surface area contributed by atoms with Crippen LogP contribution >= 0.6 is 15.9 Å². The number of allylic oxidation sites excluding steroid dienone is 4. The van der Waals surface area contributed by atoms with Crippen molar-refractivity contribution in [2.24, 2.45) is 10.9 Å². The average molecular weight is 292 g/mol. The van der Waals surface area contributed by atoms with Gasteiger partial charge in [0.25, 0.3) is 0 Å². The molecule has 0 radical (unpaired) electrons. The minimum atomic E-state index is 0.726. The van der Waals surface area contributed by atoms with Crippen LogP contribution in [0.5, 0.6) is 0 Å². The summed E-state index contributed by atoms with van der Waals surface area (Å²) in [7, 11) is 0. The molecule has 0 aromatic heterocycles. The molecule has 2 aliphatic carbocycles. The number of hydrogen-bond acceptors (Lipinski definition) is 1. The summed E-state index contributed by atoms with van der Waals surface area (Å²) >= 11 is 3.68. The molecule has 0 unspecified atom stereocenters. The lowest BCUT2D eigenvalue weighted by atomic mass is 9.80. The second-order valence-electron chi connectivity index (χ2n) is 5.24. The molecule has 1 nitrogen and oxygen atoms in total. The Bertz CT molecular complexity index is 459. The van der Waals surface area contributed by atoms with E-state index in [1.165, 1.54) is 54.5 Å². The number of hydrogen-bond donors (Lipinski definition) is 0. The fourth-order valence-corrected chi connectivity index (χ4v) is 3.95. The van der Waals surface area contributed by atoms with Gasteiger partial charge in [-0.2, -0.15) is 0 Å². The minimum Gasteiger partial charge on any atom is -0.241 e. The molecule has 0 amide bonds. The molecule has 90 valence electrons. The van der Waals surface area contributed by atoms with Crippen LogP contribution in [0.15, 0.2) is 39.6 Å². The Morgan fingerprint density at radius 2 is 1.94 bits per heavy atom. The number of fused-ring (bicyclic) bond motifs is 1. The highest BCUT2D eigenvalue weighted by molar-refractivity contribution is 9.18. The quantitative estimate of drug-likeness (QED) is 0.651. The van der Waals surface area contributed by atoms with Crippen molar-refractivity contribution in [1.82, 2.24) is 0 Å². The van der Waals surface area contributed by atoms with E-state index < -0.39 is 0 Å². The lowest BCUT2D eigenvalue weighted by Crippen LogP contribution is -2.13. The molecule has 1 heterocycles. The molecule has 2 heteroatoms. The van der Waals surface area contributed by atoms with Gasteiger partial charge in [0.1, 0.15) is 4.62 Å². The van der Waals surface area contributed by atoms with Gasteiger partial charge in [0.15, 0.2) is 0 Å². The predicted octanol–water partition coefficient (Wildman–Crippen LogP) is 4.90. The molecule has 0 bridgehead atoms. The second kappa shape index (κ2) is 4.56. The van der Waals surface area contributed by atoms with Crippen molar-refractivity contribution in [3.8, 4) is 0 Å². The van der Waals surface area contributed by atoms with E-state index in [0.29, 0.717) is 0 Å². The Morgan fingerprint density at radius 1 is 1.18 bits per heavy atom. The van der Waals surface area contributed by atoms with Gasteiger partial charge in [-0.3, -0.25) is 0 Å². The first-order chi connectivity index (χ1) is 8.27. The smallest absolute Gasteiger partial charge is 0.110 e. The maximum absolute atomic E-state index is 4.70. The summed E-state index contributed by atoms with van der Waals surface area (Å²) < 4.78 is 1.10. The number of nitrogens with zero attached hydrogens (tertiary/aromatic N) is 1. The molecule has 1 fully saturated rings. The molecule has 0 atom stereocenters. The van der Waals surface area contributed by atoms with Crippen LogP contribution in [0.2, 0.25) is 0 Å². The van der Waals surface area contributed by atoms with Gasteiger partial charge in [-0.25, -0.2) is 4.99 Å². The van der Waals surface area contributed by atoms with Crippen LogP contribution in [-0.2, 0) is 0 Å². The summed E-state index contributed by atoms with van der Waals surface area (Å²) in [4.78, 5) is 4.70. The zero-order valence-corrected chi connectivity index (χ0v) is 11.9. The zero-order valence-electron chi connectivity index (χ0n) is 10.3. The molecule has 3 aliphatic rings. The fraction of sp³-hybridized carbons (Fsp3) is 0.533. The van der Waals surface area contributed by atoms with Crippen molar-refractivity contribution in [3.05, 3.63) is 34.6 Å². The summed E-state index contributed by atoms with van der Waals surface area (Å²) in [6.07, 6.45) is 12.4. The van der Waals surface area contributed by atoms with Crippen molar-refractivity contribution >= 4 is 20.6 Å². The third kappa shape index (κ3) is 1.97. The molecule has 17 heavy (non-hydrogen) atoms. The Labute approximate surface area is 112 Å². The van der Waals surface area contributed by atoms with Crippen LogP contribution < -0.4 is 0 Å². The van der Waals surface area contributed by atoms with E-state index in [1.54, 1.807) is 0 Å². The second-order valence-corrected chi connectivity index (χ2v) is 5.99. The Morgan fingerprint density at radius 3 is 2.71 bits per heavy atom. The van der Waals surface area contributed by atoms with Crippen molar-refractivity contribution < 1.29 is 0 Å². The molecule has 1 aliphatic heterocycles. The maximum Gasteiger partial charge on any atom is 0.110 e. The van der Waals surface area contributed by atoms with Gasteiger partial charge in [-0.15, -0.1) is 0 Å². The van der Waals surface area contributed by atoms with Crippen molar-refractivity contribution in [1.29, 1.82) is 0 Å². The number of rotatable bonds is 1. The summed E-state index contributed by atoms with van der Waals surface area (Å²) in [5.41, 5.74) is 5.54. The van der Waals surface area contributed by atoms with E-state index in [1.807, 2.05) is 0 Å². The Kier molecular flexibility index (Phi) is 3.08. The van der Waals surface area contributed by atoms with Gasteiger partial charge >= 0.3 is 0 Å². The van der Waals surface area contributed by atoms with Gasteiger partial charge < -0.3 is 0 Å². The summed E-state index contributed by atoms with van der Waals surface area (Å²) in [6.45, 7) is 2.23. The predicted molar refractivity (Wildman–Crippen MR) is 76.4 cm³/mol. The van der Waals surface area contributed by atoms with E-state index in [2.05, 4.69) is 35.0 Å². The molecule has 0 aromatic rings. The standard InChI is InChI=1S/C15H18BrN/c1-10-6-5-9-12-13(10)14(15(16)17-12)11-7-3-2-4-8-11/h6,9,11H,2-5,7-8H2,1H3. The van der Waals surface area contributed by atoms with Crippen molar-refractivity contribution in [2.45, 2.75) is 45.4 Å². The molecular weight excluding hydrogens is 274 g/mol. The lowest BCUT2D eigenvalue weighted by molar-refractivity contribution is 0.411. The third-order valence-electron chi connectivity index (χ3n) is 4.11. The molecule has 0 N–H and O–H groups in total. The van der Waals surface area contributed by atoms with Gasteiger partial charge in [0.2, 0.25) is 0 Å². The topological polar surface area (TPSA) is 12.4 Å². The van der Waals surface area contributed by atoms with Gasteiger partial charge in [0.05, 0.1) is 5.70 Å². The van der Waals surface area contributed by atoms with E-state index in [4.69, 9.17) is 4.99 Å². The average Bonchev–Trinajstić information content (AvgIpc) is 2.68. The fourth-order valence-electron chi connectivity index (χ4n) is 3.24. The van der Waals surface area contributed by atoms with Crippen LogP contribution in [0, 0.1) is 5.92 Å². The number of aliphatic imine (C=N–C) groups is 1. The van der Waals surface area contributed by atoms with E-state index in [-0.39, 0.29) is 0 Å². The van der Waals surface area contributed by atoms with E-state index in [9.17, 15) is 0 Å². The van der Waals surface area contributed by atoms with Crippen molar-refractivity contribution in [2.75, 3.05) is 0 Å². The lowest BCUT2D eigenvalue weighted by Gasteiger charge is -2.24. The molecule has 0 aromatic carbocycles. The normalized spacial score (nSPS) is 25.4. The molecule has 0 saturated heterocycles. The monoisotopic (exact) mass is 291 g/mol. The summed E-state index contributed by atoms with van der Waals surface area (Å²) in [6, 6.07) is 0. The van der Waals surface area contributed by atoms with Gasteiger partial charge in [-0.1, -0.05) is 31.4 Å². The third-order valence-corrected chi connectivity index (χ3v) is 4.71. The van der Waals surface area contributed by atoms with Gasteiger partial charge in [-0.05, 0) is 59.2 Å². The maximum atomic E-state index is 4.70. The van der Waals surface area contributed by atoms with Crippen LogP contribution in [-0.4, -0.2) is 4.62 Å². The first kappa shape index (κ1) is 11.5. The molecule has 1 saturated carbocycles. The Hall–Kier alpha value is -0.630. The highest BCUT2D eigenvalue weighted by Gasteiger charge is 2.30. The Balaban J connectivity index is 2.02. The zero-order chi connectivity index (χ0) is 11.8. The minimum absolute atomic E-state index is 0.726. The van der Waals surface area contributed by atoms with Crippen LogP contribution in [0.25, 0.3) is 0 Å². The van der Waals surface area contributed by atoms with E-state index >= 15 is 0 Å². The highest BCUT2D eigenvalue weighted by atomic mass is 79.9. The first-order valence-electron chi connectivity index (χ1n) is 6.64. The molecule has 3 rings (SSSR count). The summed E-state index contributed by atoms with van der Waals surface area (Å²) in [5, 5.41) is 0. The largest absolute Gasteiger partial charge is 0.241 e. The van der Waals surface area contributed by atoms with Crippen LogP contribution in [0.3, 0.4) is 0 Å². The van der Waals surface area contributed by atoms with E-state index in [0.717, 1.165) is 17.0 Å². The first-order valence-corrected chi connectivity index (χ1v) is 7.43. The van der Waals surface area contributed by atoms with Crippen LogP contribution in [0.1, 0.15) is 45.4 Å². The van der Waals surface area contributed by atoms with Crippen LogP contribution in [0.4, 0.5) is 0 Å². The van der Waals surface area contributed by atoms with Gasteiger partial charge in [0, 0.05) is 5.57 Å². The molecular formula is C15H18BrN. The highest BCUT2D eigenvalue weighted by Crippen LogP contribution is 2.43. The number of halogens is 1. The SMILES string of the molecule is CC1=CCC=C2N=C(Br)C(C3CCCCC3)=C12.